The number of H-pyrrole nitrogens is 4. The maximum atomic E-state index is 13.1. The molecule has 12 N–H and O–H groups in total. The highest BCUT2D eigenvalue weighted by molar-refractivity contribution is 9.12. The monoisotopic (exact) mass is 710 g/mol. The number of rotatable bonds is 12. The van der Waals surface area contributed by atoms with Crippen molar-refractivity contribution in [1.29, 1.82) is 5.41 Å². The number of aromatic nitrogens is 7. The molecule has 0 aliphatic carbocycles. The van der Waals surface area contributed by atoms with Gasteiger partial charge in [0.2, 0.25) is 0 Å². The van der Waals surface area contributed by atoms with E-state index in [2.05, 4.69) is 84.7 Å². The first-order valence-electron chi connectivity index (χ1n) is 13.7. The summed E-state index contributed by atoms with van der Waals surface area (Å²) in [6, 6.07) is 0. The van der Waals surface area contributed by atoms with Crippen molar-refractivity contribution >= 4 is 74.4 Å². The summed E-state index contributed by atoms with van der Waals surface area (Å²) < 4.78 is 0.0914. The van der Waals surface area contributed by atoms with Crippen molar-refractivity contribution in [2.45, 2.75) is 34.1 Å². The molecule has 20 heteroatoms. The molecule has 0 aliphatic rings. The molecule has 0 spiro atoms. The minimum Gasteiger partial charge on any atom is -0.388 e. The van der Waals surface area contributed by atoms with Gasteiger partial charge in [-0.3, -0.25) is 44.7 Å². The van der Waals surface area contributed by atoms with Crippen molar-refractivity contribution in [3.05, 3.63) is 62.3 Å². The van der Waals surface area contributed by atoms with Gasteiger partial charge in [-0.1, -0.05) is 6.58 Å². The highest BCUT2D eigenvalue weighted by atomic mass is 79.9. The molecule has 4 aromatic heterocycles. The predicted octanol–water partition coefficient (Wildman–Crippen LogP) is 2.08. The summed E-state index contributed by atoms with van der Waals surface area (Å²) in [6.07, 6.45) is 1.62. The number of nitrogens with two attached hydrogens (primary N) is 1. The molecule has 4 heterocycles. The van der Waals surface area contributed by atoms with E-state index < -0.39 is 29.5 Å². The van der Waals surface area contributed by atoms with Gasteiger partial charge >= 0.3 is 0 Å². The number of carbonyl (C=O) groups excluding carboxylic acids is 5. The van der Waals surface area contributed by atoms with Crippen molar-refractivity contribution in [3.8, 4) is 0 Å². The van der Waals surface area contributed by atoms with Gasteiger partial charge in [0.1, 0.15) is 22.8 Å². The molecule has 0 fully saturated rings. The van der Waals surface area contributed by atoms with E-state index in [4.69, 9.17) is 11.1 Å². The molecule has 47 heavy (non-hydrogen) atoms. The van der Waals surface area contributed by atoms with Gasteiger partial charge in [-0.05, 0) is 43.6 Å². The minimum atomic E-state index is -0.622. The van der Waals surface area contributed by atoms with E-state index in [0.717, 1.165) is 0 Å². The van der Waals surface area contributed by atoms with Crippen LogP contribution in [0.1, 0.15) is 70.6 Å². The molecule has 19 nitrogen and oxygen atoms in total. The summed E-state index contributed by atoms with van der Waals surface area (Å²) >= 11 is 2.98. The molecule has 0 radical (unpaired) electrons. The molecule has 0 atom stereocenters. The smallest absolute Gasteiger partial charge is 0.275 e. The van der Waals surface area contributed by atoms with Crippen LogP contribution in [0, 0.1) is 33.1 Å². The number of aromatic amines is 4. The number of amidine groups is 1. The molecular formula is C27H31BrN14O5. The molecule has 246 valence electrons. The topological polar surface area (TPSA) is 297 Å². The second-order valence-electron chi connectivity index (χ2n) is 10.2. The number of anilines is 4. The Bertz CT molecular complexity index is 1930. The van der Waals surface area contributed by atoms with E-state index in [1.165, 1.54) is 6.20 Å². The maximum Gasteiger partial charge on any atom is 0.275 e. The van der Waals surface area contributed by atoms with Crippen molar-refractivity contribution < 1.29 is 24.0 Å². The van der Waals surface area contributed by atoms with E-state index in [1.54, 1.807) is 27.7 Å². The summed E-state index contributed by atoms with van der Waals surface area (Å²) in [5, 5.41) is 40.0. The zero-order chi connectivity index (χ0) is 34.6. The first-order chi connectivity index (χ1) is 22.2. The fraction of sp³-hybridized carbons (Fsp3) is 0.222. The largest absolute Gasteiger partial charge is 0.388 e. The highest BCUT2D eigenvalue weighted by Gasteiger charge is 2.24. The van der Waals surface area contributed by atoms with Crippen molar-refractivity contribution in [2.75, 3.05) is 27.8 Å². The highest BCUT2D eigenvalue weighted by Crippen LogP contribution is 2.24. The Morgan fingerprint density at radius 2 is 1.19 bits per heavy atom. The number of nitrogens with zero attached hydrogens (tertiary/aromatic N) is 3. The van der Waals surface area contributed by atoms with E-state index in [0.29, 0.717) is 27.9 Å². The third kappa shape index (κ3) is 7.44. The lowest BCUT2D eigenvalue weighted by molar-refractivity contribution is -0.112. The summed E-state index contributed by atoms with van der Waals surface area (Å²) in [5.41, 5.74) is 7.51. The minimum absolute atomic E-state index is 0.0391. The maximum absolute atomic E-state index is 13.1. The summed E-state index contributed by atoms with van der Waals surface area (Å²) in [6.45, 7) is 10.0. The second-order valence-corrected chi connectivity index (χ2v) is 11.1. The van der Waals surface area contributed by atoms with E-state index in [-0.39, 0.29) is 63.5 Å². The molecular weight excluding hydrogens is 680 g/mol. The number of nitrogens with one attached hydrogen (secondary N) is 10. The summed E-state index contributed by atoms with van der Waals surface area (Å²) in [7, 11) is 0. The van der Waals surface area contributed by atoms with E-state index in [9.17, 15) is 24.0 Å². The second kappa shape index (κ2) is 13.9. The lowest BCUT2D eigenvalue weighted by atomic mass is 10.2. The van der Waals surface area contributed by atoms with Gasteiger partial charge in [0, 0.05) is 41.4 Å². The molecule has 0 saturated carbocycles. The molecule has 4 aromatic rings. The Morgan fingerprint density at radius 1 is 0.745 bits per heavy atom. The average Bonchev–Trinajstić information content (AvgIpc) is 3.76. The van der Waals surface area contributed by atoms with Crippen LogP contribution in [0.3, 0.4) is 0 Å². The molecule has 4 rings (SSSR count). The number of carbonyl (C=O) groups is 5. The Balaban J connectivity index is 1.39. The zero-order valence-electron chi connectivity index (χ0n) is 25.5. The number of hydrogen-bond acceptors (Lipinski definition) is 9. The van der Waals surface area contributed by atoms with Gasteiger partial charge in [0.05, 0.1) is 16.0 Å². The Labute approximate surface area is 274 Å². The van der Waals surface area contributed by atoms with Crippen LogP contribution in [0.15, 0.2) is 17.3 Å². The van der Waals surface area contributed by atoms with Gasteiger partial charge in [-0.25, -0.2) is 0 Å². The normalized spacial score (nSPS) is 10.7. The molecule has 0 unspecified atom stereocenters. The standard InChI is InChI=1S/C27H31BrN14O5/c1-9-14(33-26(46)18-11(3)20(40-38-18)34-23(43)13(5)28)8-32-16(9)25(45)35-22-12(4)19(39-42-22)27(47)36-21-10(2)17(37-41-21)24(44)31-7-6-15(29)30/h8,32H,5-7H2,1-4H3,(H3,29,30)(H,31,44)(H,33,46)(H2,34,38,40,43)(H2,35,39,42,45)(H2,36,37,41,47). The lowest BCUT2D eigenvalue weighted by Crippen LogP contribution is -2.28. The number of amides is 5. The molecule has 0 bridgehead atoms. The van der Waals surface area contributed by atoms with Crippen molar-refractivity contribution in [2.24, 2.45) is 5.73 Å². The van der Waals surface area contributed by atoms with Crippen LogP contribution in [0.5, 0.6) is 0 Å². The zero-order valence-corrected chi connectivity index (χ0v) is 27.1. The van der Waals surface area contributed by atoms with Crippen LogP contribution in [0.2, 0.25) is 0 Å². The van der Waals surface area contributed by atoms with Crippen LogP contribution in [0.25, 0.3) is 0 Å². The van der Waals surface area contributed by atoms with Crippen LogP contribution < -0.4 is 32.3 Å². The van der Waals surface area contributed by atoms with Gasteiger partial charge < -0.3 is 37.3 Å². The van der Waals surface area contributed by atoms with Crippen LogP contribution in [0.4, 0.5) is 23.1 Å². The number of hydrogen-bond donors (Lipinski definition) is 11. The molecule has 0 saturated heterocycles. The first kappa shape index (κ1) is 33.8. The van der Waals surface area contributed by atoms with Crippen molar-refractivity contribution in [1.82, 2.24) is 40.9 Å². The number of halogens is 1. The average molecular weight is 712 g/mol. The SMILES string of the molecule is C=C(Br)C(=O)Nc1n[nH]c(C(=O)Nc2c[nH]c(C(=O)Nc3n[nH]c(C(=O)Nc4n[nH]c(C(=O)NCCC(=N)N)c4C)c3C)c2C)c1C. The van der Waals surface area contributed by atoms with E-state index in [1.807, 2.05) is 0 Å². The third-order valence-corrected chi connectivity index (χ3v) is 7.31. The van der Waals surface area contributed by atoms with Crippen LogP contribution >= 0.6 is 15.9 Å². The first-order valence-corrected chi connectivity index (χ1v) is 14.5. The van der Waals surface area contributed by atoms with Crippen LogP contribution in [-0.2, 0) is 4.79 Å². The molecule has 0 aromatic carbocycles. The summed E-state index contributed by atoms with van der Waals surface area (Å²) in [5.74, 6) is -2.49. The van der Waals surface area contributed by atoms with Gasteiger partial charge in [0.15, 0.2) is 17.5 Å². The molecule has 5 amide bonds. The lowest BCUT2D eigenvalue weighted by Gasteiger charge is -2.06. The molecule has 0 aliphatic heterocycles. The Hall–Kier alpha value is -6.05. The van der Waals surface area contributed by atoms with E-state index >= 15 is 0 Å². The Morgan fingerprint density at radius 3 is 1.68 bits per heavy atom. The van der Waals surface area contributed by atoms with Gasteiger partial charge in [-0.2, -0.15) is 15.3 Å². The fourth-order valence-corrected chi connectivity index (χ4v) is 4.28. The Kier molecular flexibility index (Phi) is 10.0. The van der Waals surface area contributed by atoms with Gasteiger partial charge in [-0.15, -0.1) is 0 Å². The van der Waals surface area contributed by atoms with Crippen molar-refractivity contribution in [3.63, 3.8) is 0 Å². The van der Waals surface area contributed by atoms with Crippen LogP contribution in [-0.4, -0.2) is 77.5 Å². The van der Waals surface area contributed by atoms with Gasteiger partial charge in [0.25, 0.3) is 29.5 Å². The summed E-state index contributed by atoms with van der Waals surface area (Å²) in [4.78, 5) is 66.1. The fourth-order valence-electron chi connectivity index (χ4n) is 4.18. The third-order valence-electron chi connectivity index (χ3n) is 6.95. The quantitative estimate of drug-likeness (QED) is 0.0582. The predicted molar refractivity (Wildman–Crippen MR) is 175 cm³/mol.